The molecule has 0 atom stereocenters. The van der Waals surface area contributed by atoms with Crippen LogP contribution in [0.5, 0.6) is 0 Å². The standard InChI is InChI=1S/C92H54N8/c93-55-57-50-58(56-94)52-61(51-57)87-88(96-76-37-15-4-26-63(76)64-27-5-16-38-77(64)96)90(98-80-41-19-8-30-67(80)68-31-9-20-42-81(68)98)92(91(99-82-43-21-10-32-69(82)70-33-11-22-44-83(70)99)89(87)97-78-39-17-6-28-65(78)66-29-7-18-40-79(66)97)100-84-45-23-13-35-72(84)74-54-60(47-49-86(74)100)59-46-48-85-73(53-59)71-34-12-14-36-75(71)95(85)62-24-2-1-3-25-62/h1-54H. The van der Waals surface area contributed by atoms with Crippen molar-refractivity contribution >= 4 is 131 Å². The van der Waals surface area contributed by atoms with Crippen LogP contribution in [-0.2, 0) is 0 Å². The first-order valence-corrected chi connectivity index (χ1v) is 33.9. The first-order valence-electron chi connectivity index (χ1n) is 33.9. The van der Waals surface area contributed by atoms with Crippen molar-refractivity contribution in [1.29, 1.82) is 10.5 Å². The largest absolute Gasteiger partial charge is 0.309 e. The number of hydrogen-bond donors (Lipinski definition) is 0. The number of nitriles is 2. The lowest BCUT2D eigenvalue weighted by Gasteiger charge is -2.32. The third-order valence-electron chi connectivity index (χ3n) is 21.0. The van der Waals surface area contributed by atoms with E-state index in [1.165, 1.54) is 10.8 Å². The van der Waals surface area contributed by atoms with E-state index in [1.807, 2.05) is 12.1 Å². The summed E-state index contributed by atoms with van der Waals surface area (Å²) in [6.45, 7) is 0. The average Bonchev–Trinajstić information content (AvgIpc) is 1.44. The Morgan fingerprint density at radius 2 is 0.410 bits per heavy atom. The van der Waals surface area contributed by atoms with E-state index in [-0.39, 0.29) is 0 Å². The smallest absolute Gasteiger partial charge is 0.0992 e. The van der Waals surface area contributed by atoms with Gasteiger partial charge in [-0.1, -0.05) is 212 Å². The molecular weight excluding hydrogens is 1220 g/mol. The molecule has 0 spiro atoms. The minimum Gasteiger partial charge on any atom is -0.309 e. The number of nitrogens with zero attached hydrogens (tertiary/aromatic N) is 8. The summed E-state index contributed by atoms with van der Waals surface area (Å²) in [4.78, 5) is 0. The summed E-state index contributed by atoms with van der Waals surface area (Å²) in [7, 11) is 0. The Kier molecular flexibility index (Phi) is 11.8. The number of benzene rings is 15. The SMILES string of the molecule is N#Cc1cc(C#N)cc(-c2c(-n3c4ccccc4c4ccccc43)c(-n3c4ccccc4c4ccccc43)c(-n3c4ccccc4c4cc(-c5ccc6c(c5)c5ccccc5n6-c5ccccc5)ccc43)c(-n3c4ccccc4c4ccccc43)c2-n2c3ccccc3c3ccccc32)c1. The van der Waals surface area contributed by atoms with Crippen molar-refractivity contribution in [2.24, 2.45) is 0 Å². The van der Waals surface area contributed by atoms with Crippen molar-refractivity contribution in [2.45, 2.75) is 0 Å². The monoisotopic (exact) mass is 1270 g/mol. The van der Waals surface area contributed by atoms with Gasteiger partial charge >= 0.3 is 0 Å². The van der Waals surface area contributed by atoms with Crippen LogP contribution in [0.2, 0.25) is 0 Å². The Balaban J connectivity index is 1.05. The summed E-state index contributed by atoms with van der Waals surface area (Å²) in [5.41, 5.74) is 22.3. The predicted octanol–water partition coefficient (Wildman–Crippen LogP) is 23.3. The van der Waals surface area contributed by atoms with E-state index in [0.717, 1.165) is 171 Å². The van der Waals surface area contributed by atoms with E-state index in [0.29, 0.717) is 16.7 Å². The molecule has 21 rings (SSSR count). The number of rotatable bonds is 8. The third kappa shape index (κ3) is 7.73. The van der Waals surface area contributed by atoms with Gasteiger partial charge in [0.15, 0.2) is 0 Å². The Labute approximate surface area is 572 Å². The molecule has 21 aromatic rings. The highest BCUT2D eigenvalue weighted by Crippen LogP contribution is 2.55. The first kappa shape index (κ1) is 55.4. The fourth-order valence-electron chi connectivity index (χ4n) is 17.0. The number of hydrogen-bond acceptors (Lipinski definition) is 2. The molecule has 8 nitrogen and oxygen atoms in total. The van der Waals surface area contributed by atoms with Crippen LogP contribution in [0, 0.1) is 22.7 Å². The molecule has 0 N–H and O–H groups in total. The molecule has 0 aliphatic rings. The van der Waals surface area contributed by atoms with Crippen LogP contribution < -0.4 is 0 Å². The van der Waals surface area contributed by atoms with Crippen molar-refractivity contribution in [2.75, 3.05) is 0 Å². The van der Waals surface area contributed by atoms with Gasteiger partial charge in [-0.15, -0.1) is 0 Å². The van der Waals surface area contributed by atoms with E-state index in [4.69, 9.17) is 0 Å². The Morgan fingerprint density at radius 3 is 0.710 bits per heavy atom. The van der Waals surface area contributed by atoms with Crippen LogP contribution in [0.1, 0.15) is 11.1 Å². The third-order valence-corrected chi connectivity index (χ3v) is 21.0. The van der Waals surface area contributed by atoms with Crippen molar-refractivity contribution in [1.82, 2.24) is 27.4 Å². The molecule has 6 aromatic heterocycles. The minimum absolute atomic E-state index is 0.371. The summed E-state index contributed by atoms with van der Waals surface area (Å²) in [6, 6.07) is 124. The molecule has 0 bridgehead atoms. The van der Waals surface area contributed by atoms with Gasteiger partial charge in [0.1, 0.15) is 0 Å². The van der Waals surface area contributed by atoms with Crippen molar-refractivity contribution < 1.29 is 0 Å². The molecule has 0 fully saturated rings. The second-order valence-corrected chi connectivity index (χ2v) is 26.1. The van der Waals surface area contributed by atoms with Gasteiger partial charge in [0.2, 0.25) is 0 Å². The maximum Gasteiger partial charge on any atom is 0.0992 e. The number of aromatic nitrogens is 6. The Bertz CT molecular complexity index is 6690. The zero-order chi connectivity index (χ0) is 65.8. The summed E-state index contributed by atoms with van der Waals surface area (Å²) in [5, 5.41) is 36.1. The average molecular weight is 1270 g/mol. The van der Waals surface area contributed by atoms with E-state index in [1.54, 1.807) is 6.07 Å². The topological polar surface area (TPSA) is 77.2 Å². The van der Waals surface area contributed by atoms with Gasteiger partial charge < -0.3 is 27.4 Å². The Morgan fingerprint density at radius 1 is 0.180 bits per heavy atom. The zero-order valence-corrected chi connectivity index (χ0v) is 53.8. The number of fused-ring (bicyclic) bond motifs is 18. The summed E-state index contributed by atoms with van der Waals surface area (Å²) < 4.78 is 15.0. The molecule has 0 aliphatic carbocycles. The fraction of sp³-hybridized carbons (Fsp3) is 0. The van der Waals surface area contributed by atoms with Crippen LogP contribution in [0.3, 0.4) is 0 Å². The molecule has 8 heteroatoms. The van der Waals surface area contributed by atoms with Crippen LogP contribution in [0.15, 0.2) is 328 Å². The quantitative estimate of drug-likeness (QED) is 0.152. The molecular formula is C92H54N8. The van der Waals surface area contributed by atoms with Gasteiger partial charge in [0.05, 0.1) is 118 Å². The second kappa shape index (κ2) is 21.3. The van der Waals surface area contributed by atoms with Gasteiger partial charge in [-0.3, -0.25) is 0 Å². The van der Waals surface area contributed by atoms with Gasteiger partial charge in [-0.2, -0.15) is 10.5 Å². The molecule has 0 radical (unpaired) electrons. The fourth-order valence-corrected chi connectivity index (χ4v) is 17.0. The van der Waals surface area contributed by atoms with E-state index < -0.39 is 0 Å². The van der Waals surface area contributed by atoms with E-state index in [2.05, 4.69) is 349 Å². The maximum atomic E-state index is 11.4. The van der Waals surface area contributed by atoms with Gasteiger partial charge in [-0.05, 0) is 132 Å². The summed E-state index contributed by atoms with van der Waals surface area (Å²) >= 11 is 0. The molecule has 100 heavy (non-hydrogen) atoms. The van der Waals surface area contributed by atoms with Gasteiger partial charge in [0.25, 0.3) is 0 Å². The lowest BCUT2D eigenvalue weighted by atomic mass is 9.92. The summed E-state index contributed by atoms with van der Waals surface area (Å²) in [6.07, 6.45) is 0. The zero-order valence-electron chi connectivity index (χ0n) is 53.8. The highest BCUT2D eigenvalue weighted by molar-refractivity contribution is 6.20. The molecule has 0 amide bonds. The molecule has 0 aliphatic heterocycles. The lowest BCUT2D eigenvalue weighted by Crippen LogP contribution is -2.18. The highest BCUT2D eigenvalue weighted by atomic mass is 15.2. The Hall–Kier alpha value is -13.9. The van der Waals surface area contributed by atoms with Gasteiger partial charge in [0, 0.05) is 75.9 Å². The molecule has 0 saturated heterocycles. The van der Waals surface area contributed by atoms with Crippen LogP contribution in [-0.4, -0.2) is 27.4 Å². The molecule has 6 heterocycles. The van der Waals surface area contributed by atoms with Crippen LogP contribution >= 0.6 is 0 Å². The lowest BCUT2D eigenvalue weighted by molar-refractivity contribution is 1.00. The second-order valence-electron chi connectivity index (χ2n) is 26.1. The van der Waals surface area contributed by atoms with Crippen molar-refractivity contribution in [3.05, 3.63) is 339 Å². The molecule has 15 aromatic carbocycles. The maximum absolute atomic E-state index is 11.4. The molecule has 0 saturated carbocycles. The first-order chi connectivity index (χ1) is 49.6. The van der Waals surface area contributed by atoms with Crippen molar-refractivity contribution in [3.8, 4) is 68.5 Å². The molecule has 462 valence electrons. The predicted molar refractivity (Wildman–Crippen MR) is 413 cm³/mol. The van der Waals surface area contributed by atoms with Crippen molar-refractivity contribution in [3.63, 3.8) is 0 Å². The normalized spacial score (nSPS) is 12.0. The van der Waals surface area contributed by atoms with E-state index >= 15 is 0 Å². The summed E-state index contributed by atoms with van der Waals surface area (Å²) in [5.74, 6) is 0. The highest BCUT2D eigenvalue weighted by Gasteiger charge is 2.37. The number of para-hydroxylation sites is 11. The van der Waals surface area contributed by atoms with E-state index in [9.17, 15) is 10.5 Å². The molecule has 0 unspecified atom stereocenters. The van der Waals surface area contributed by atoms with Crippen LogP contribution in [0.4, 0.5) is 0 Å². The van der Waals surface area contributed by atoms with Gasteiger partial charge in [-0.25, -0.2) is 0 Å². The minimum atomic E-state index is 0.371. The van der Waals surface area contributed by atoms with Crippen LogP contribution in [0.25, 0.3) is 187 Å².